The fraction of sp³-hybridized carbons (Fsp3) is 0.294. The van der Waals surface area contributed by atoms with Crippen LogP contribution in [0.15, 0.2) is 53.0 Å². The number of methoxy groups -OCH3 is 1. The van der Waals surface area contributed by atoms with Crippen LogP contribution in [-0.2, 0) is 6.42 Å². The van der Waals surface area contributed by atoms with Gasteiger partial charge in [-0.25, -0.2) is 0 Å². The van der Waals surface area contributed by atoms with E-state index in [4.69, 9.17) is 9.47 Å². The van der Waals surface area contributed by atoms with E-state index in [0.717, 1.165) is 35.5 Å². The molecule has 2 aromatic carbocycles. The molecule has 0 aliphatic carbocycles. The molecule has 112 valence electrons. The summed E-state index contributed by atoms with van der Waals surface area (Å²) in [5.41, 5.74) is 1.30. The van der Waals surface area contributed by atoms with Gasteiger partial charge >= 0.3 is 0 Å². The van der Waals surface area contributed by atoms with Gasteiger partial charge in [0.2, 0.25) is 0 Å². The molecule has 1 N–H and O–H groups in total. The molecule has 0 fully saturated rings. The van der Waals surface area contributed by atoms with Crippen LogP contribution < -0.4 is 14.8 Å². The maximum atomic E-state index is 5.66. The molecule has 0 aromatic heterocycles. The average molecular weight is 350 g/mol. The van der Waals surface area contributed by atoms with Gasteiger partial charge in [0.1, 0.15) is 18.1 Å². The van der Waals surface area contributed by atoms with Crippen LogP contribution in [0.4, 0.5) is 0 Å². The number of nitrogens with one attached hydrogen (secondary N) is 1. The summed E-state index contributed by atoms with van der Waals surface area (Å²) in [4.78, 5) is 0. The van der Waals surface area contributed by atoms with Crippen molar-refractivity contribution in [2.75, 3.05) is 26.8 Å². The largest absolute Gasteiger partial charge is 0.497 e. The van der Waals surface area contributed by atoms with Crippen molar-refractivity contribution in [2.24, 2.45) is 0 Å². The summed E-state index contributed by atoms with van der Waals surface area (Å²) in [5, 5.41) is 3.38. The lowest BCUT2D eigenvalue weighted by atomic mass is 10.1. The molecular weight excluding hydrogens is 330 g/mol. The second-order valence-electron chi connectivity index (χ2n) is 4.65. The number of halogens is 1. The molecule has 0 aliphatic heterocycles. The first-order valence-electron chi connectivity index (χ1n) is 7.00. The van der Waals surface area contributed by atoms with Gasteiger partial charge in [-0.05, 0) is 48.9 Å². The molecule has 0 atom stereocenters. The third kappa shape index (κ3) is 5.78. The number of hydrogen-bond donors (Lipinski definition) is 1. The Morgan fingerprint density at radius 2 is 1.81 bits per heavy atom. The van der Waals surface area contributed by atoms with Crippen LogP contribution in [0, 0.1) is 0 Å². The van der Waals surface area contributed by atoms with E-state index in [1.807, 2.05) is 36.4 Å². The summed E-state index contributed by atoms with van der Waals surface area (Å²) in [5.74, 6) is 1.79. The highest BCUT2D eigenvalue weighted by Gasteiger charge is 1.96. The molecule has 0 unspecified atom stereocenters. The molecule has 0 bridgehead atoms. The van der Waals surface area contributed by atoms with Crippen molar-refractivity contribution in [3.8, 4) is 11.5 Å². The maximum absolute atomic E-state index is 5.66. The van der Waals surface area contributed by atoms with Crippen LogP contribution in [0.2, 0.25) is 0 Å². The zero-order valence-electron chi connectivity index (χ0n) is 12.1. The minimum atomic E-state index is 0.666. The molecule has 2 aromatic rings. The van der Waals surface area contributed by atoms with Crippen molar-refractivity contribution in [3.63, 3.8) is 0 Å². The first kappa shape index (κ1) is 15.9. The van der Waals surface area contributed by atoms with Crippen LogP contribution in [0.3, 0.4) is 0 Å². The Labute approximate surface area is 134 Å². The number of ether oxygens (including phenoxy) is 2. The lowest BCUT2D eigenvalue weighted by Gasteiger charge is -2.08. The molecule has 2 rings (SSSR count). The number of rotatable bonds is 8. The summed E-state index contributed by atoms with van der Waals surface area (Å²) in [6.07, 6.45) is 1.00. The van der Waals surface area contributed by atoms with Gasteiger partial charge in [0.25, 0.3) is 0 Å². The molecule has 0 saturated carbocycles. The van der Waals surface area contributed by atoms with Gasteiger partial charge in [-0.2, -0.15) is 0 Å². The highest BCUT2D eigenvalue weighted by Crippen LogP contribution is 2.17. The van der Waals surface area contributed by atoms with E-state index in [-0.39, 0.29) is 0 Å². The van der Waals surface area contributed by atoms with E-state index < -0.39 is 0 Å². The van der Waals surface area contributed by atoms with Crippen molar-refractivity contribution in [3.05, 3.63) is 58.6 Å². The fourth-order valence-corrected chi connectivity index (χ4v) is 2.33. The summed E-state index contributed by atoms with van der Waals surface area (Å²) in [7, 11) is 1.68. The molecule has 0 saturated heterocycles. The normalized spacial score (nSPS) is 10.4. The third-order valence-electron chi connectivity index (χ3n) is 3.09. The minimum absolute atomic E-state index is 0.666. The van der Waals surface area contributed by atoms with Gasteiger partial charge < -0.3 is 14.8 Å². The summed E-state index contributed by atoms with van der Waals surface area (Å²) >= 11 is 3.43. The molecule has 4 heteroatoms. The molecule has 3 nitrogen and oxygen atoms in total. The zero-order chi connectivity index (χ0) is 14.9. The van der Waals surface area contributed by atoms with E-state index in [1.54, 1.807) is 7.11 Å². The van der Waals surface area contributed by atoms with Gasteiger partial charge in [0.05, 0.1) is 7.11 Å². The molecule has 0 heterocycles. The molecule has 0 aliphatic rings. The standard InChI is InChI=1S/C17H20BrNO2/c1-20-16-7-5-14(6-8-16)9-10-19-11-12-21-17-4-2-3-15(18)13-17/h2-8,13,19H,9-12H2,1H3. The molecule has 0 radical (unpaired) electrons. The summed E-state index contributed by atoms with van der Waals surface area (Å²) < 4.78 is 11.8. The third-order valence-corrected chi connectivity index (χ3v) is 3.59. The van der Waals surface area contributed by atoms with Crippen molar-refractivity contribution in [1.29, 1.82) is 0 Å². The minimum Gasteiger partial charge on any atom is -0.497 e. The lowest BCUT2D eigenvalue weighted by Crippen LogP contribution is -2.23. The highest BCUT2D eigenvalue weighted by atomic mass is 79.9. The summed E-state index contributed by atoms with van der Waals surface area (Å²) in [6, 6.07) is 16.1. The smallest absolute Gasteiger partial charge is 0.120 e. The van der Waals surface area contributed by atoms with Crippen LogP contribution in [0.5, 0.6) is 11.5 Å². The quantitative estimate of drug-likeness (QED) is 0.737. The maximum Gasteiger partial charge on any atom is 0.120 e. The molecule has 21 heavy (non-hydrogen) atoms. The van der Waals surface area contributed by atoms with Gasteiger partial charge in [-0.1, -0.05) is 34.1 Å². The monoisotopic (exact) mass is 349 g/mol. The fourth-order valence-electron chi connectivity index (χ4n) is 1.95. The van der Waals surface area contributed by atoms with Crippen LogP contribution in [0.1, 0.15) is 5.56 Å². The lowest BCUT2D eigenvalue weighted by molar-refractivity contribution is 0.314. The highest BCUT2D eigenvalue weighted by molar-refractivity contribution is 9.10. The predicted octanol–water partition coefficient (Wildman–Crippen LogP) is 3.67. The first-order chi connectivity index (χ1) is 10.3. The van der Waals surface area contributed by atoms with Gasteiger partial charge in [0.15, 0.2) is 0 Å². The molecular formula is C17H20BrNO2. The van der Waals surface area contributed by atoms with Crippen LogP contribution in [0.25, 0.3) is 0 Å². The van der Waals surface area contributed by atoms with Gasteiger partial charge in [-0.3, -0.25) is 0 Å². The van der Waals surface area contributed by atoms with E-state index in [2.05, 4.69) is 33.4 Å². The van der Waals surface area contributed by atoms with Crippen molar-refractivity contribution < 1.29 is 9.47 Å². The average Bonchev–Trinajstić information content (AvgIpc) is 2.51. The van der Waals surface area contributed by atoms with E-state index >= 15 is 0 Å². The van der Waals surface area contributed by atoms with E-state index in [0.29, 0.717) is 6.61 Å². The number of benzene rings is 2. The molecule has 0 amide bonds. The Bertz CT molecular complexity index is 543. The van der Waals surface area contributed by atoms with Crippen LogP contribution in [-0.4, -0.2) is 26.8 Å². The zero-order valence-corrected chi connectivity index (χ0v) is 13.7. The molecule has 0 spiro atoms. The van der Waals surface area contributed by atoms with Crippen LogP contribution >= 0.6 is 15.9 Å². The van der Waals surface area contributed by atoms with Crippen molar-refractivity contribution in [2.45, 2.75) is 6.42 Å². The predicted molar refractivity (Wildman–Crippen MR) is 89.2 cm³/mol. The second kappa shape index (κ2) is 8.70. The Morgan fingerprint density at radius 3 is 2.52 bits per heavy atom. The second-order valence-corrected chi connectivity index (χ2v) is 5.57. The van der Waals surface area contributed by atoms with Gasteiger partial charge in [0, 0.05) is 11.0 Å². The Kier molecular flexibility index (Phi) is 6.57. The number of hydrogen-bond acceptors (Lipinski definition) is 3. The van der Waals surface area contributed by atoms with Gasteiger partial charge in [-0.15, -0.1) is 0 Å². The summed E-state index contributed by atoms with van der Waals surface area (Å²) in [6.45, 7) is 2.44. The van der Waals surface area contributed by atoms with Crippen molar-refractivity contribution in [1.82, 2.24) is 5.32 Å². The Balaban J connectivity index is 1.59. The Hall–Kier alpha value is -1.52. The van der Waals surface area contributed by atoms with E-state index in [1.165, 1.54) is 5.56 Å². The first-order valence-corrected chi connectivity index (χ1v) is 7.79. The van der Waals surface area contributed by atoms with Crippen molar-refractivity contribution >= 4 is 15.9 Å². The van der Waals surface area contributed by atoms with E-state index in [9.17, 15) is 0 Å². The SMILES string of the molecule is COc1ccc(CCNCCOc2cccc(Br)c2)cc1. The Morgan fingerprint density at radius 1 is 1.00 bits per heavy atom. The topological polar surface area (TPSA) is 30.5 Å².